The van der Waals surface area contributed by atoms with Crippen molar-refractivity contribution in [3.8, 4) is 5.75 Å². The summed E-state index contributed by atoms with van der Waals surface area (Å²) in [5.74, 6) is 0.108. The van der Waals surface area contributed by atoms with E-state index in [0.29, 0.717) is 18.0 Å². The minimum atomic E-state index is -3.88. The number of nitrogens with zero attached hydrogens (tertiary/aromatic N) is 1. The van der Waals surface area contributed by atoms with Crippen LogP contribution in [-0.2, 0) is 10.0 Å². The summed E-state index contributed by atoms with van der Waals surface area (Å²) in [7, 11) is -0.787. The molecule has 26 heavy (non-hydrogen) atoms. The van der Waals surface area contributed by atoms with Gasteiger partial charge in [0.2, 0.25) is 0 Å². The molecule has 0 fully saturated rings. The summed E-state index contributed by atoms with van der Waals surface area (Å²) in [6.45, 7) is 2.14. The maximum Gasteiger partial charge on any atom is 0.262 e. The van der Waals surface area contributed by atoms with Crippen LogP contribution < -0.4 is 15.2 Å². The number of hydrogen-bond donors (Lipinski definition) is 2. The number of likely N-dealkylation sites (N-methyl/N-ethyl adjacent to an activating group) is 1. The molecule has 3 N–H and O–H groups in total. The summed E-state index contributed by atoms with van der Waals surface area (Å²) in [6.07, 6.45) is 0. The van der Waals surface area contributed by atoms with Crippen molar-refractivity contribution in [2.75, 3.05) is 25.4 Å². The molecular weight excluding hydrogens is 354 g/mol. The molecule has 0 saturated carbocycles. The average Bonchev–Trinajstić information content (AvgIpc) is 2.66. The van der Waals surface area contributed by atoms with Crippen LogP contribution in [0, 0.1) is 0 Å². The highest BCUT2D eigenvalue weighted by atomic mass is 32.2. The first-order chi connectivity index (χ1) is 12.3. The molecule has 1 amide bonds. The Hall–Kier alpha value is -2.58. The highest BCUT2D eigenvalue weighted by Gasteiger charge is 2.21. The van der Waals surface area contributed by atoms with E-state index in [0.717, 1.165) is 0 Å². The Bertz CT molecular complexity index is 884. The Balaban J connectivity index is 2.32. The Morgan fingerprint density at radius 3 is 2.58 bits per heavy atom. The molecule has 0 aliphatic carbocycles. The van der Waals surface area contributed by atoms with Crippen molar-refractivity contribution in [3.05, 3.63) is 54.1 Å². The lowest BCUT2D eigenvalue weighted by Crippen LogP contribution is -2.39. The summed E-state index contributed by atoms with van der Waals surface area (Å²) in [4.78, 5) is 14.0. The van der Waals surface area contributed by atoms with E-state index < -0.39 is 10.0 Å². The number of sulfonamides is 1. The third kappa shape index (κ3) is 4.33. The van der Waals surface area contributed by atoms with Gasteiger partial charge in [-0.25, -0.2) is 8.42 Å². The third-order valence-corrected chi connectivity index (χ3v) is 5.43. The molecule has 0 aromatic heterocycles. The van der Waals surface area contributed by atoms with Gasteiger partial charge < -0.3 is 15.4 Å². The molecular formula is C18H23N3O4S. The van der Waals surface area contributed by atoms with Crippen molar-refractivity contribution >= 4 is 21.6 Å². The number of nitrogens with one attached hydrogen (secondary N) is 1. The van der Waals surface area contributed by atoms with E-state index >= 15 is 0 Å². The molecule has 1 atom stereocenters. The fraction of sp³-hybridized carbons (Fsp3) is 0.278. The van der Waals surface area contributed by atoms with Crippen LogP contribution in [0.15, 0.2) is 53.4 Å². The van der Waals surface area contributed by atoms with Gasteiger partial charge in [-0.1, -0.05) is 18.2 Å². The molecule has 0 bridgehead atoms. The van der Waals surface area contributed by atoms with Gasteiger partial charge in [-0.15, -0.1) is 0 Å². The number of para-hydroxylation sites is 2. The zero-order chi connectivity index (χ0) is 19.3. The first-order valence-electron chi connectivity index (χ1n) is 8.03. The van der Waals surface area contributed by atoms with Gasteiger partial charge in [-0.3, -0.25) is 9.52 Å². The molecule has 0 heterocycles. The Morgan fingerprint density at radius 1 is 1.23 bits per heavy atom. The SMILES string of the molecule is COc1ccccc1NS(=O)(=O)c1cccc(C(=O)N(C)C(C)CN)c1. The van der Waals surface area contributed by atoms with Crippen molar-refractivity contribution in [1.29, 1.82) is 0 Å². The van der Waals surface area contributed by atoms with Crippen LogP contribution in [-0.4, -0.2) is 46.0 Å². The van der Waals surface area contributed by atoms with Crippen LogP contribution in [0.1, 0.15) is 17.3 Å². The molecule has 8 heteroatoms. The van der Waals surface area contributed by atoms with Gasteiger partial charge in [-0.05, 0) is 37.3 Å². The molecule has 140 valence electrons. The van der Waals surface area contributed by atoms with Crippen molar-refractivity contribution in [1.82, 2.24) is 4.90 Å². The number of nitrogens with two attached hydrogens (primary N) is 1. The smallest absolute Gasteiger partial charge is 0.262 e. The summed E-state index contributed by atoms with van der Waals surface area (Å²) in [6, 6.07) is 12.4. The predicted octanol–water partition coefficient (Wildman–Crippen LogP) is 1.92. The molecule has 7 nitrogen and oxygen atoms in total. The van der Waals surface area contributed by atoms with Gasteiger partial charge in [0.15, 0.2) is 0 Å². The maximum atomic E-state index is 12.7. The molecule has 0 radical (unpaired) electrons. The van der Waals surface area contributed by atoms with Crippen molar-refractivity contribution < 1.29 is 17.9 Å². The van der Waals surface area contributed by atoms with E-state index in [-0.39, 0.29) is 22.4 Å². The van der Waals surface area contributed by atoms with E-state index in [1.54, 1.807) is 37.4 Å². The Morgan fingerprint density at radius 2 is 1.92 bits per heavy atom. The van der Waals surface area contributed by atoms with E-state index in [4.69, 9.17) is 10.5 Å². The summed E-state index contributed by atoms with van der Waals surface area (Å²) < 4.78 is 33.0. The number of benzene rings is 2. The lowest BCUT2D eigenvalue weighted by molar-refractivity contribution is 0.0748. The Labute approximate surface area is 153 Å². The topological polar surface area (TPSA) is 102 Å². The molecule has 2 rings (SSSR count). The van der Waals surface area contributed by atoms with E-state index in [9.17, 15) is 13.2 Å². The van der Waals surface area contributed by atoms with Gasteiger partial charge in [-0.2, -0.15) is 0 Å². The normalized spacial score (nSPS) is 12.3. The summed E-state index contributed by atoms with van der Waals surface area (Å²) in [5.41, 5.74) is 6.18. The van der Waals surface area contributed by atoms with Gasteiger partial charge in [0, 0.05) is 25.2 Å². The van der Waals surface area contributed by atoms with Crippen molar-refractivity contribution in [3.63, 3.8) is 0 Å². The number of methoxy groups -OCH3 is 1. The number of rotatable bonds is 7. The summed E-state index contributed by atoms with van der Waals surface area (Å²) >= 11 is 0. The number of ether oxygens (including phenoxy) is 1. The number of hydrogen-bond acceptors (Lipinski definition) is 5. The lowest BCUT2D eigenvalue weighted by Gasteiger charge is -2.23. The van der Waals surface area contributed by atoms with Crippen LogP contribution in [0.2, 0.25) is 0 Å². The minimum Gasteiger partial charge on any atom is -0.495 e. The summed E-state index contributed by atoms with van der Waals surface area (Å²) in [5, 5.41) is 0. The minimum absolute atomic E-state index is 0.0111. The highest BCUT2D eigenvalue weighted by Crippen LogP contribution is 2.26. The van der Waals surface area contributed by atoms with E-state index in [1.807, 2.05) is 6.92 Å². The zero-order valence-electron chi connectivity index (χ0n) is 15.0. The number of amides is 1. The molecule has 1 unspecified atom stereocenters. The van der Waals surface area contributed by atoms with Crippen LogP contribution in [0.5, 0.6) is 5.75 Å². The second kappa shape index (κ2) is 8.20. The number of carbonyl (C=O) groups is 1. The molecule has 2 aromatic carbocycles. The fourth-order valence-electron chi connectivity index (χ4n) is 2.29. The highest BCUT2D eigenvalue weighted by molar-refractivity contribution is 7.92. The largest absolute Gasteiger partial charge is 0.495 e. The molecule has 2 aromatic rings. The predicted molar refractivity (Wildman–Crippen MR) is 101 cm³/mol. The Kier molecular flexibility index (Phi) is 6.23. The van der Waals surface area contributed by atoms with Crippen molar-refractivity contribution in [2.45, 2.75) is 17.9 Å². The first kappa shape index (κ1) is 19.7. The lowest BCUT2D eigenvalue weighted by atomic mass is 10.2. The van der Waals surface area contributed by atoms with E-state index in [1.165, 1.54) is 30.2 Å². The fourth-order valence-corrected chi connectivity index (χ4v) is 3.41. The van der Waals surface area contributed by atoms with Crippen molar-refractivity contribution in [2.24, 2.45) is 5.73 Å². The second-order valence-corrected chi connectivity index (χ2v) is 7.52. The molecule has 0 saturated heterocycles. The maximum absolute atomic E-state index is 12.7. The molecule has 0 aliphatic rings. The zero-order valence-corrected chi connectivity index (χ0v) is 15.8. The third-order valence-electron chi connectivity index (χ3n) is 4.07. The van der Waals surface area contributed by atoms with Crippen LogP contribution in [0.3, 0.4) is 0 Å². The van der Waals surface area contributed by atoms with Crippen LogP contribution in [0.25, 0.3) is 0 Å². The number of carbonyl (C=O) groups excluding carboxylic acids is 1. The van der Waals surface area contributed by atoms with Gasteiger partial charge >= 0.3 is 0 Å². The molecule has 0 aliphatic heterocycles. The quantitative estimate of drug-likeness (QED) is 0.767. The second-order valence-electron chi connectivity index (χ2n) is 5.83. The van der Waals surface area contributed by atoms with Crippen LogP contribution in [0.4, 0.5) is 5.69 Å². The monoisotopic (exact) mass is 377 g/mol. The van der Waals surface area contributed by atoms with E-state index in [2.05, 4.69) is 4.72 Å². The molecule has 0 spiro atoms. The first-order valence-corrected chi connectivity index (χ1v) is 9.51. The number of anilines is 1. The van der Waals surface area contributed by atoms with Crippen LogP contribution >= 0.6 is 0 Å². The van der Waals surface area contributed by atoms with Gasteiger partial charge in [0.25, 0.3) is 15.9 Å². The van der Waals surface area contributed by atoms with Gasteiger partial charge in [0.1, 0.15) is 5.75 Å². The van der Waals surface area contributed by atoms with Gasteiger partial charge in [0.05, 0.1) is 17.7 Å². The average molecular weight is 377 g/mol. The standard InChI is InChI=1S/C18H23N3O4S/c1-13(12-19)21(2)18(22)14-7-6-8-15(11-14)26(23,24)20-16-9-4-5-10-17(16)25-3/h4-11,13,20H,12,19H2,1-3H3.